The molecule has 0 saturated carbocycles. The molecule has 2 aromatic carbocycles. The second kappa shape index (κ2) is 9.17. The Balaban J connectivity index is 2.23. The second-order valence-corrected chi connectivity index (χ2v) is 7.32. The number of halogens is 3. The molecule has 6 nitrogen and oxygen atoms in total. The van der Waals surface area contributed by atoms with Gasteiger partial charge in [-0.15, -0.1) is 0 Å². The molecule has 0 aromatic heterocycles. The second-order valence-electron chi connectivity index (χ2n) is 7.32. The summed E-state index contributed by atoms with van der Waals surface area (Å²) in [7, 11) is 0. The van der Waals surface area contributed by atoms with E-state index in [1.807, 2.05) is 6.07 Å². The number of nitrogens with one attached hydrogen (secondary N) is 1. The number of nitrogens with zero attached hydrogens (tertiary/aromatic N) is 3. The van der Waals surface area contributed by atoms with Gasteiger partial charge in [-0.05, 0) is 49.7 Å². The molecule has 0 fully saturated rings. The van der Waals surface area contributed by atoms with Crippen molar-refractivity contribution in [1.29, 1.82) is 15.9 Å². The number of carbonyl (C=O) groups excluding carboxylic acids is 1. The molecule has 0 aliphatic carbocycles. The summed E-state index contributed by atoms with van der Waals surface area (Å²) >= 11 is 0. The Kier molecular flexibility index (Phi) is 6.55. The van der Waals surface area contributed by atoms with Gasteiger partial charge in [-0.25, -0.2) is 0 Å². The smallest absolute Gasteiger partial charge is 0.416 e. The maximum absolute atomic E-state index is 13.3. The molecule has 1 heterocycles. The average Bonchev–Trinajstić information content (AvgIpc) is 2.78. The van der Waals surface area contributed by atoms with Crippen molar-refractivity contribution in [1.82, 2.24) is 0 Å². The molecule has 0 saturated heterocycles. The van der Waals surface area contributed by atoms with Crippen molar-refractivity contribution in [2.75, 3.05) is 11.5 Å². The van der Waals surface area contributed by atoms with Crippen molar-refractivity contribution in [3.05, 3.63) is 76.5 Å². The third-order valence-electron chi connectivity index (χ3n) is 5.40. The summed E-state index contributed by atoms with van der Waals surface area (Å²) in [5, 5.41) is 27.8. The van der Waals surface area contributed by atoms with Crippen molar-refractivity contribution >= 4 is 17.5 Å². The number of nitriles is 2. The third-order valence-corrected chi connectivity index (χ3v) is 5.40. The summed E-state index contributed by atoms with van der Waals surface area (Å²) in [5.74, 6) is -3.24. The molecule has 0 amide bonds. The van der Waals surface area contributed by atoms with E-state index in [9.17, 15) is 23.2 Å². The van der Waals surface area contributed by atoms with E-state index in [1.54, 1.807) is 19.1 Å². The first-order valence-electron chi connectivity index (χ1n) is 9.97. The van der Waals surface area contributed by atoms with Gasteiger partial charge in [-0.2, -0.15) is 23.7 Å². The molecule has 2 unspecified atom stereocenters. The van der Waals surface area contributed by atoms with Gasteiger partial charge < -0.3 is 9.64 Å². The van der Waals surface area contributed by atoms with Crippen LogP contribution in [0.5, 0.6) is 0 Å². The van der Waals surface area contributed by atoms with Crippen LogP contribution in [0.4, 0.5) is 18.9 Å². The van der Waals surface area contributed by atoms with Crippen LogP contribution in [0.15, 0.2) is 59.8 Å². The zero-order valence-electron chi connectivity index (χ0n) is 17.8. The van der Waals surface area contributed by atoms with Crippen molar-refractivity contribution < 1.29 is 22.7 Å². The predicted octanol–water partition coefficient (Wildman–Crippen LogP) is 5.14. The standard InChI is InChI=1S/C24H19F3N4O2/c1-3-33-23(32)21-20(16-9-7-15(12-28)8-10-16)19(13-29)14(2)31(22(21)30)18-6-4-5-17(11-18)24(25,26)27/h4-11,20-21,30H,3H2,1-2H3. The maximum atomic E-state index is 13.3. The summed E-state index contributed by atoms with van der Waals surface area (Å²) in [4.78, 5) is 14.1. The van der Waals surface area contributed by atoms with Crippen LogP contribution in [0, 0.1) is 34.0 Å². The molecule has 0 bridgehead atoms. The molecular weight excluding hydrogens is 433 g/mol. The minimum absolute atomic E-state index is 0.00709. The Morgan fingerprint density at radius 1 is 1.15 bits per heavy atom. The topological polar surface area (TPSA) is 101 Å². The maximum Gasteiger partial charge on any atom is 0.416 e. The number of hydrogen-bond acceptors (Lipinski definition) is 5. The Labute approximate surface area is 188 Å². The number of carbonyl (C=O) groups is 1. The lowest BCUT2D eigenvalue weighted by atomic mass is 9.76. The molecule has 3 rings (SSSR count). The fraction of sp³-hybridized carbons (Fsp3) is 0.250. The quantitative estimate of drug-likeness (QED) is 0.648. The summed E-state index contributed by atoms with van der Waals surface area (Å²) in [5.41, 5.74) is 0.329. The normalized spacial score (nSPS) is 18.5. The first kappa shape index (κ1) is 23.6. The molecule has 9 heteroatoms. The fourth-order valence-electron chi connectivity index (χ4n) is 3.90. The molecule has 1 aliphatic rings. The van der Waals surface area contributed by atoms with Crippen LogP contribution in [0.2, 0.25) is 0 Å². The number of amidine groups is 1. The molecule has 1 N–H and O–H groups in total. The SMILES string of the molecule is CCOC(=O)C1C(=N)N(c2cccc(C(F)(F)F)c2)C(C)=C(C#N)C1c1ccc(C#N)cc1. The average molecular weight is 452 g/mol. The zero-order chi connectivity index (χ0) is 24.3. The van der Waals surface area contributed by atoms with Crippen molar-refractivity contribution in [3.8, 4) is 12.1 Å². The van der Waals surface area contributed by atoms with Gasteiger partial charge in [0.25, 0.3) is 0 Å². The minimum Gasteiger partial charge on any atom is -0.465 e. The number of esters is 1. The van der Waals surface area contributed by atoms with E-state index < -0.39 is 29.5 Å². The Morgan fingerprint density at radius 3 is 2.36 bits per heavy atom. The predicted molar refractivity (Wildman–Crippen MR) is 114 cm³/mol. The zero-order valence-corrected chi connectivity index (χ0v) is 17.8. The Hall–Kier alpha value is -4.11. The number of anilines is 1. The van der Waals surface area contributed by atoms with Crippen molar-refractivity contribution in [2.45, 2.75) is 25.9 Å². The van der Waals surface area contributed by atoms with Gasteiger partial charge in [0, 0.05) is 17.3 Å². The van der Waals surface area contributed by atoms with E-state index in [-0.39, 0.29) is 29.4 Å². The summed E-state index contributed by atoms with van der Waals surface area (Å²) in [6.07, 6.45) is -4.60. The van der Waals surface area contributed by atoms with Gasteiger partial charge in [0.2, 0.25) is 0 Å². The van der Waals surface area contributed by atoms with E-state index in [1.165, 1.54) is 36.1 Å². The molecule has 2 aromatic rings. The molecule has 0 spiro atoms. The molecular formula is C24H19F3N4O2. The first-order chi connectivity index (χ1) is 15.6. The lowest BCUT2D eigenvalue weighted by molar-refractivity contribution is -0.146. The van der Waals surface area contributed by atoms with E-state index in [0.717, 1.165) is 12.1 Å². The summed E-state index contributed by atoms with van der Waals surface area (Å²) < 4.78 is 45.0. The van der Waals surface area contributed by atoms with E-state index in [2.05, 4.69) is 6.07 Å². The van der Waals surface area contributed by atoms with E-state index in [0.29, 0.717) is 11.1 Å². The van der Waals surface area contributed by atoms with Gasteiger partial charge in [-0.1, -0.05) is 18.2 Å². The first-order valence-corrected chi connectivity index (χ1v) is 9.97. The van der Waals surface area contributed by atoms with Crippen LogP contribution in [0.1, 0.15) is 36.5 Å². The lowest BCUT2D eigenvalue weighted by Crippen LogP contribution is -2.46. The van der Waals surface area contributed by atoms with Crippen LogP contribution in [-0.2, 0) is 15.7 Å². The van der Waals surface area contributed by atoms with Gasteiger partial charge >= 0.3 is 12.1 Å². The van der Waals surface area contributed by atoms with Crippen molar-refractivity contribution in [3.63, 3.8) is 0 Å². The number of alkyl halides is 3. The highest BCUT2D eigenvalue weighted by Gasteiger charge is 2.45. The molecule has 2 atom stereocenters. The summed E-state index contributed by atoms with van der Waals surface area (Å²) in [6, 6.07) is 14.7. The largest absolute Gasteiger partial charge is 0.465 e. The minimum atomic E-state index is -4.60. The Bertz CT molecular complexity index is 1200. The highest BCUT2D eigenvalue weighted by atomic mass is 19.4. The van der Waals surface area contributed by atoms with Crippen molar-refractivity contribution in [2.24, 2.45) is 5.92 Å². The lowest BCUT2D eigenvalue weighted by Gasteiger charge is -2.39. The molecule has 0 radical (unpaired) electrons. The molecule has 1 aliphatic heterocycles. The summed E-state index contributed by atoms with van der Waals surface area (Å²) in [6.45, 7) is 3.14. The number of ether oxygens (including phenoxy) is 1. The van der Waals surface area contributed by atoms with Gasteiger partial charge in [0.15, 0.2) is 0 Å². The fourth-order valence-corrected chi connectivity index (χ4v) is 3.90. The van der Waals surface area contributed by atoms with Gasteiger partial charge in [-0.3, -0.25) is 10.2 Å². The van der Waals surface area contributed by atoms with Crippen LogP contribution in [0.25, 0.3) is 0 Å². The van der Waals surface area contributed by atoms with Gasteiger partial charge in [0.1, 0.15) is 11.8 Å². The molecule has 168 valence electrons. The number of hydrogen-bond donors (Lipinski definition) is 1. The Morgan fingerprint density at radius 2 is 1.82 bits per heavy atom. The van der Waals surface area contributed by atoms with Crippen LogP contribution >= 0.6 is 0 Å². The van der Waals surface area contributed by atoms with Crippen LogP contribution in [-0.4, -0.2) is 18.4 Å². The van der Waals surface area contributed by atoms with Crippen LogP contribution < -0.4 is 4.90 Å². The number of rotatable bonds is 4. The highest BCUT2D eigenvalue weighted by molar-refractivity contribution is 6.12. The number of allylic oxidation sites excluding steroid dienone is 2. The van der Waals surface area contributed by atoms with Gasteiger partial charge in [0.05, 0.1) is 35.4 Å². The third kappa shape index (κ3) is 4.44. The van der Waals surface area contributed by atoms with E-state index >= 15 is 0 Å². The molecule has 33 heavy (non-hydrogen) atoms. The monoisotopic (exact) mass is 452 g/mol. The van der Waals surface area contributed by atoms with E-state index in [4.69, 9.17) is 15.4 Å². The number of benzene rings is 2. The highest BCUT2D eigenvalue weighted by Crippen LogP contribution is 2.43. The van der Waals surface area contributed by atoms with Crippen LogP contribution in [0.3, 0.4) is 0 Å².